The number of allylic oxidation sites excluding steroid dienone is 1. The molecule has 0 saturated heterocycles. The van der Waals surface area contributed by atoms with Crippen LogP contribution in [0.25, 0.3) is 0 Å². The van der Waals surface area contributed by atoms with Gasteiger partial charge in [-0.15, -0.1) is 5.10 Å². The molecule has 34 heavy (non-hydrogen) atoms. The van der Waals surface area contributed by atoms with Crippen LogP contribution in [0.3, 0.4) is 0 Å². The standard InChI is InChI=1S/C25H27N5O4/c1-16-23(17(2)31)24(21-12-20(33-3)10-11-22(21)34-4)26-25(32)30(16)15-19-14-29(28-27-19)13-18-8-6-5-7-9-18/h5-12,14,24H,13,15H2,1-4H3,(H,26,32). The highest BCUT2D eigenvalue weighted by atomic mass is 16.5. The third-order valence-corrected chi connectivity index (χ3v) is 5.82. The average Bonchev–Trinajstić information content (AvgIpc) is 3.28. The topological polar surface area (TPSA) is 98.6 Å². The molecular formula is C25H27N5O4. The molecule has 0 aliphatic carbocycles. The summed E-state index contributed by atoms with van der Waals surface area (Å²) >= 11 is 0. The van der Waals surface area contributed by atoms with Crippen LogP contribution in [0.2, 0.25) is 0 Å². The van der Waals surface area contributed by atoms with Gasteiger partial charge >= 0.3 is 6.03 Å². The molecule has 0 fully saturated rings. The maximum absolute atomic E-state index is 13.2. The molecule has 0 bridgehead atoms. The van der Waals surface area contributed by atoms with Crippen molar-refractivity contribution < 1.29 is 19.1 Å². The van der Waals surface area contributed by atoms with E-state index in [0.717, 1.165) is 5.56 Å². The first-order valence-electron chi connectivity index (χ1n) is 10.9. The van der Waals surface area contributed by atoms with E-state index >= 15 is 0 Å². The number of ether oxygens (including phenoxy) is 2. The highest BCUT2D eigenvalue weighted by Crippen LogP contribution is 2.37. The molecule has 0 spiro atoms. The number of carbonyl (C=O) groups is 2. The lowest BCUT2D eigenvalue weighted by Crippen LogP contribution is -2.47. The van der Waals surface area contributed by atoms with Crippen LogP contribution in [0.5, 0.6) is 11.5 Å². The molecule has 176 valence electrons. The molecule has 1 aliphatic rings. The molecular weight excluding hydrogens is 434 g/mol. The zero-order valence-electron chi connectivity index (χ0n) is 19.6. The summed E-state index contributed by atoms with van der Waals surface area (Å²) in [6, 6.07) is 14.2. The van der Waals surface area contributed by atoms with E-state index in [9.17, 15) is 9.59 Å². The molecule has 0 saturated carbocycles. The molecule has 2 aromatic carbocycles. The number of nitrogens with zero attached hydrogens (tertiary/aromatic N) is 4. The SMILES string of the molecule is COc1ccc(OC)c(C2NC(=O)N(Cc3cn(Cc4ccccc4)nn3)C(C)=C2C(C)=O)c1. The van der Waals surface area contributed by atoms with Crippen LogP contribution in [-0.2, 0) is 17.9 Å². The molecule has 1 unspecified atom stereocenters. The van der Waals surface area contributed by atoms with Gasteiger partial charge in [-0.3, -0.25) is 9.69 Å². The Morgan fingerprint density at radius 3 is 2.53 bits per heavy atom. The largest absolute Gasteiger partial charge is 0.497 e. The van der Waals surface area contributed by atoms with Crippen LogP contribution in [0.1, 0.15) is 36.7 Å². The number of aromatic nitrogens is 3. The van der Waals surface area contributed by atoms with Crippen LogP contribution < -0.4 is 14.8 Å². The average molecular weight is 462 g/mol. The number of carbonyl (C=O) groups excluding carboxylic acids is 2. The van der Waals surface area contributed by atoms with Crippen LogP contribution in [0, 0.1) is 0 Å². The number of ketones is 1. The first-order valence-corrected chi connectivity index (χ1v) is 10.9. The summed E-state index contributed by atoms with van der Waals surface area (Å²) < 4.78 is 12.6. The third-order valence-electron chi connectivity index (χ3n) is 5.82. The number of methoxy groups -OCH3 is 2. The lowest BCUT2D eigenvalue weighted by atomic mass is 9.91. The van der Waals surface area contributed by atoms with Crippen molar-refractivity contribution in [3.05, 3.63) is 82.8 Å². The van der Waals surface area contributed by atoms with Crippen molar-refractivity contribution in [1.29, 1.82) is 0 Å². The Morgan fingerprint density at radius 2 is 1.85 bits per heavy atom. The van der Waals surface area contributed by atoms with Crippen molar-refractivity contribution >= 4 is 11.8 Å². The van der Waals surface area contributed by atoms with Crippen LogP contribution in [-0.4, -0.2) is 45.9 Å². The van der Waals surface area contributed by atoms with E-state index in [0.29, 0.717) is 40.6 Å². The summed E-state index contributed by atoms with van der Waals surface area (Å²) in [5.41, 5.74) is 3.39. The Hall–Kier alpha value is -4.14. The zero-order chi connectivity index (χ0) is 24.2. The van der Waals surface area contributed by atoms with Crippen molar-refractivity contribution in [2.24, 2.45) is 0 Å². The first-order chi connectivity index (χ1) is 16.4. The van der Waals surface area contributed by atoms with E-state index in [4.69, 9.17) is 9.47 Å². The summed E-state index contributed by atoms with van der Waals surface area (Å²) in [5.74, 6) is 1.00. The van der Waals surface area contributed by atoms with E-state index in [1.165, 1.54) is 11.8 Å². The van der Waals surface area contributed by atoms with Crippen molar-refractivity contribution in [2.75, 3.05) is 14.2 Å². The number of amides is 2. The monoisotopic (exact) mass is 461 g/mol. The minimum atomic E-state index is -0.667. The fraction of sp³-hybridized carbons (Fsp3) is 0.280. The van der Waals surface area contributed by atoms with Gasteiger partial charge in [0.15, 0.2) is 5.78 Å². The highest BCUT2D eigenvalue weighted by Gasteiger charge is 2.36. The summed E-state index contributed by atoms with van der Waals surface area (Å²) in [6.45, 7) is 4.02. The number of nitrogens with one attached hydrogen (secondary N) is 1. The molecule has 9 nitrogen and oxygen atoms in total. The van der Waals surface area contributed by atoms with Crippen molar-refractivity contribution in [2.45, 2.75) is 33.0 Å². The number of hydrogen-bond acceptors (Lipinski definition) is 6. The lowest BCUT2D eigenvalue weighted by Gasteiger charge is -2.35. The Balaban J connectivity index is 1.63. The van der Waals surface area contributed by atoms with Gasteiger partial charge in [0, 0.05) is 16.8 Å². The normalized spacial score (nSPS) is 15.8. The molecule has 1 aromatic heterocycles. The van der Waals surface area contributed by atoms with Crippen LogP contribution in [0.15, 0.2) is 66.0 Å². The quantitative estimate of drug-likeness (QED) is 0.552. The van der Waals surface area contributed by atoms with Gasteiger partial charge in [-0.1, -0.05) is 35.5 Å². The third kappa shape index (κ3) is 4.63. The second-order valence-electron chi connectivity index (χ2n) is 8.02. The molecule has 4 rings (SSSR count). The Bertz CT molecular complexity index is 1240. The molecule has 1 aliphatic heterocycles. The number of hydrogen-bond donors (Lipinski definition) is 1. The van der Waals surface area contributed by atoms with Gasteiger partial charge in [0.05, 0.1) is 39.5 Å². The minimum absolute atomic E-state index is 0.148. The summed E-state index contributed by atoms with van der Waals surface area (Å²) in [7, 11) is 3.11. The Labute approximate surface area is 198 Å². The van der Waals surface area contributed by atoms with Gasteiger partial charge in [-0.05, 0) is 37.6 Å². The van der Waals surface area contributed by atoms with Crippen molar-refractivity contribution in [3.8, 4) is 11.5 Å². The summed E-state index contributed by atoms with van der Waals surface area (Å²) in [6.07, 6.45) is 1.80. The van der Waals surface area contributed by atoms with Gasteiger partial charge in [0.25, 0.3) is 0 Å². The minimum Gasteiger partial charge on any atom is -0.497 e. The van der Waals surface area contributed by atoms with E-state index in [1.54, 1.807) is 50.2 Å². The highest BCUT2D eigenvalue weighted by molar-refractivity contribution is 5.98. The van der Waals surface area contributed by atoms with Gasteiger partial charge < -0.3 is 14.8 Å². The molecule has 2 amide bonds. The lowest BCUT2D eigenvalue weighted by molar-refractivity contribution is -0.114. The van der Waals surface area contributed by atoms with E-state index < -0.39 is 6.04 Å². The Kier molecular flexibility index (Phi) is 6.62. The number of benzene rings is 2. The van der Waals surface area contributed by atoms with Gasteiger partial charge in [-0.25, -0.2) is 9.48 Å². The maximum Gasteiger partial charge on any atom is 0.322 e. The second kappa shape index (κ2) is 9.78. The fourth-order valence-electron chi connectivity index (χ4n) is 4.15. The second-order valence-corrected chi connectivity index (χ2v) is 8.02. The van der Waals surface area contributed by atoms with Gasteiger partial charge in [0.2, 0.25) is 0 Å². The molecule has 0 radical (unpaired) electrons. The Morgan fingerprint density at radius 1 is 1.09 bits per heavy atom. The van der Waals surface area contributed by atoms with Crippen molar-refractivity contribution in [1.82, 2.24) is 25.2 Å². The summed E-state index contributed by atoms with van der Waals surface area (Å²) in [4.78, 5) is 27.4. The molecule has 1 N–H and O–H groups in total. The smallest absolute Gasteiger partial charge is 0.322 e. The van der Waals surface area contributed by atoms with Gasteiger partial charge in [0.1, 0.15) is 17.2 Å². The molecule has 2 heterocycles. The maximum atomic E-state index is 13.2. The van der Waals surface area contributed by atoms with Crippen LogP contribution >= 0.6 is 0 Å². The number of rotatable bonds is 8. The molecule has 3 aromatic rings. The van der Waals surface area contributed by atoms with E-state index in [2.05, 4.69) is 15.6 Å². The van der Waals surface area contributed by atoms with E-state index in [-0.39, 0.29) is 18.4 Å². The van der Waals surface area contributed by atoms with Crippen molar-refractivity contribution in [3.63, 3.8) is 0 Å². The zero-order valence-corrected chi connectivity index (χ0v) is 19.6. The molecule has 1 atom stereocenters. The molecule has 9 heteroatoms. The fourth-order valence-corrected chi connectivity index (χ4v) is 4.15. The van der Waals surface area contributed by atoms with E-state index in [1.807, 2.05) is 30.3 Å². The first kappa shape index (κ1) is 23.0. The number of Topliss-reactive ketones (excluding diaryl/α,β-unsaturated/α-hetero) is 1. The number of urea groups is 1. The predicted octanol–water partition coefficient (Wildman–Crippen LogP) is 3.47. The van der Waals surface area contributed by atoms with Gasteiger partial charge in [-0.2, -0.15) is 0 Å². The predicted molar refractivity (Wildman–Crippen MR) is 125 cm³/mol. The van der Waals surface area contributed by atoms with Crippen LogP contribution in [0.4, 0.5) is 4.79 Å². The summed E-state index contributed by atoms with van der Waals surface area (Å²) in [5, 5.41) is 11.4.